The fraction of sp³-hybridized carbons (Fsp3) is 0.538. The van der Waals surface area contributed by atoms with Crippen LogP contribution in [-0.2, 0) is 0 Å². The molecule has 88 valence electrons. The zero-order valence-corrected chi connectivity index (χ0v) is 11.2. The molecule has 2 nitrogen and oxygen atoms in total. The molecule has 0 aliphatic heterocycles. The molecule has 15 heavy (non-hydrogen) atoms. The van der Waals surface area contributed by atoms with Crippen molar-refractivity contribution in [1.82, 2.24) is 4.98 Å². The SMILES string of the molecule is CC.CC.Cc1[nH]c(C)c(/C=C\N)c1C. The van der Waals surface area contributed by atoms with Crippen LogP contribution in [0.1, 0.15) is 50.2 Å². The first-order valence-electron chi connectivity index (χ1n) is 5.71. The molecule has 0 aliphatic rings. The smallest absolute Gasteiger partial charge is 0.0194 e. The molecule has 0 aromatic carbocycles. The number of aromatic amines is 1. The fourth-order valence-corrected chi connectivity index (χ4v) is 1.27. The summed E-state index contributed by atoms with van der Waals surface area (Å²) in [6.07, 6.45) is 3.50. The van der Waals surface area contributed by atoms with Crippen molar-refractivity contribution in [3.63, 3.8) is 0 Å². The van der Waals surface area contributed by atoms with Gasteiger partial charge >= 0.3 is 0 Å². The predicted octanol–water partition coefficient (Wildman–Crippen LogP) is 3.92. The molecule has 0 aliphatic carbocycles. The first-order chi connectivity index (χ1) is 7.16. The molecular weight excluding hydrogens is 184 g/mol. The average molecular weight is 210 g/mol. The summed E-state index contributed by atoms with van der Waals surface area (Å²) >= 11 is 0. The van der Waals surface area contributed by atoms with E-state index < -0.39 is 0 Å². The number of rotatable bonds is 1. The first-order valence-corrected chi connectivity index (χ1v) is 5.71. The van der Waals surface area contributed by atoms with Crippen LogP contribution in [0.25, 0.3) is 6.08 Å². The van der Waals surface area contributed by atoms with Crippen LogP contribution in [0.15, 0.2) is 6.20 Å². The Bertz CT molecular complexity index is 283. The van der Waals surface area contributed by atoms with Crippen LogP contribution < -0.4 is 5.73 Å². The summed E-state index contributed by atoms with van der Waals surface area (Å²) in [6.45, 7) is 14.2. The van der Waals surface area contributed by atoms with E-state index in [1.54, 1.807) is 6.20 Å². The van der Waals surface area contributed by atoms with E-state index in [1.165, 1.54) is 22.5 Å². The number of nitrogens with two attached hydrogens (primary N) is 1. The van der Waals surface area contributed by atoms with Gasteiger partial charge in [0.25, 0.3) is 0 Å². The van der Waals surface area contributed by atoms with Gasteiger partial charge in [-0.15, -0.1) is 0 Å². The predicted molar refractivity (Wildman–Crippen MR) is 70.9 cm³/mol. The molecule has 0 atom stereocenters. The summed E-state index contributed by atoms with van der Waals surface area (Å²) < 4.78 is 0. The van der Waals surface area contributed by atoms with E-state index >= 15 is 0 Å². The Kier molecular flexibility index (Phi) is 10.2. The lowest BCUT2D eigenvalue weighted by Gasteiger charge is -1.91. The number of hydrogen-bond acceptors (Lipinski definition) is 1. The molecule has 1 heterocycles. The van der Waals surface area contributed by atoms with Crippen LogP contribution in [0.5, 0.6) is 0 Å². The molecule has 0 saturated carbocycles. The van der Waals surface area contributed by atoms with E-state index in [2.05, 4.69) is 25.8 Å². The van der Waals surface area contributed by atoms with Gasteiger partial charge in [-0.3, -0.25) is 0 Å². The Morgan fingerprint density at radius 1 is 0.933 bits per heavy atom. The van der Waals surface area contributed by atoms with Gasteiger partial charge in [0, 0.05) is 11.4 Å². The van der Waals surface area contributed by atoms with Crippen molar-refractivity contribution in [1.29, 1.82) is 0 Å². The van der Waals surface area contributed by atoms with Crippen LogP contribution in [0.2, 0.25) is 0 Å². The molecule has 0 saturated heterocycles. The highest BCUT2D eigenvalue weighted by atomic mass is 14.7. The van der Waals surface area contributed by atoms with Crippen LogP contribution in [0.4, 0.5) is 0 Å². The monoisotopic (exact) mass is 210 g/mol. The van der Waals surface area contributed by atoms with Gasteiger partial charge in [0.05, 0.1) is 0 Å². The molecule has 0 unspecified atom stereocenters. The zero-order valence-electron chi connectivity index (χ0n) is 11.2. The normalized spacial score (nSPS) is 9.00. The van der Waals surface area contributed by atoms with Crippen LogP contribution >= 0.6 is 0 Å². The summed E-state index contributed by atoms with van der Waals surface area (Å²) in [6, 6.07) is 0. The topological polar surface area (TPSA) is 41.8 Å². The number of hydrogen-bond donors (Lipinski definition) is 2. The van der Waals surface area contributed by atoms with Crippen molar-refractivity contribution >= 4 is 6.08 Å². The molecule has 2 heteroatoms. The van der Waals surface area contributed by atoms with Crippen molar-refractivity contribution < 1.29 is 0 Å². The maximum absolute atomic E-state index is 5.31. The molecule has 1 rings (SSSR count). The van der Waals surface area contributed by atoms with E-state index in [0.717, 1.165) is 0 Å². The third kappa shape index (κ3) is 4.73. The number of aromatic nitrogens is 1. The molecule has 1 aromatic heterocycles. The van der Waals surface area contributed by atoms with E-state index in [9.17, 15) is 0 Å². The van der Waals surface area contributed by atoms with Crippen molar-refractivity contribution in [3.8, 4) is 0 Å². The van der Waals surface area contributed by atoms with E-state index in [-0.39, 0.29) is 0 Å². The highest BCUT2D eigenvalue weighted by Crippen LogP contribution is 2.17. The lowest BCUT2D eigenvalue weighted by atomic mass is 10.1. The molecule has 0 bridgehead atoms. The average Bonchev–Trinajstić information content (AvgIpc) is 2.51. The number of aryl methyl sites for hydroxylation is 2. The third-order valence-corrected chi connectivity index (χ3v) is 2.01. The molecule has 0 fully saturated rings. The van der Waals surface area contributed by atoms with Gasteiger partial charge in [-0.1, -0.05) is 27.7 Å². The highest BCUT2D eigenvalue weighted by Gasteiger charge is 2.03. The minimum atomic E-state index is 1.18. The van der Waals surface area contributed by atoms with Crippen LogP contribution in [0.3, 0.4) is 0 Å². The Hall–Kier alpha value is -1.18. The highest BCUT2D eigenvalue weighted by molar-refractivity contribution is 5.57. The van der Waals surface area contributed by atoms with Gasteiger partial charge in [0.2, 0.25) is 0 Å². The lowest BCUT2D eigenvalue weighted by Crippen LogP contribution is -1.80. The summed E-state index contributed by atoms with van der Waals surface area (Å²) in [5.74, 6) is 0. The Morgan fingerprint density at radius 3 is 1.67 bits per heavy atom. The second kappa shape index (κ2) is 9.38. The minimum absolute atomic E-state index is 1.18. The van der Waals surface area contributed by atoms with E-state index in [4.69, 9.17) is 5.73 Å². The van der Waals surface area contributed by atoms with Gasteiger partial charge in [-0.25, -0.2) is 0 Å². The summed E-state index contributed by atoms with van der Waals surface area (Å²) in [7, 11) is 0. The van der Waals surface area contributed by atoms with Crippen molar-refractivity contribution in [3.05, 3.63) is 28.7 Å². The second-order valence-corrected chi connectivity index (χ2v) is 2.77. The number of nitrogens with one attached hydrogen (secondary N) is 1. The van der Waals surface area contributed by atoms with Crippen LogP contribution in [0, 0.1) is 20.8 Å². The molecule has 0 spiro atoms. The third-order valence-electron chi connectivity index (χ3n) is 2.01. The molecule has 1 aromatic rings. The zero-order chi connectivity index (χ0) is 12.4. The van der Waals surface area contributed by atoms with E-state index in [1.807, 2.05) is 33.8 Å². The standard InChI is InChI=1S/C9H14N2.2C2H6/c1-6-7(2)11-8(3)9(6)4-5-10;2*1-2/h4-5,11H,10H2,1-3H3;2*1-2H3/b5-4-;;. The van der Waals surface area contributed by atoms with Crippen molar-refractivity contribution in [2.75, 3.05) is 0 Å². The minimum Gasteiger partial charge on any atom is -0.405 e. The van der Waals surface area contributed by atoms with Crippen LogP contribution in [-0.4, -0.2) is 4.98 Å². The van der Waals surface area contributed by atoms with Gasteiger partial charge in [-0.2, -0.15) is 0 Å². The van der Waals surface area contributed by atoms with Crippen molar-refractivity contribution in [2.45, 2.75) is 48.5 Å². The Balaban J connectivity index is 0. The second-order valence-electron chi connectivity index (χ2n) is 2.77. The maximum Gasteiger partial charge on any atom is 0.0194 e. The Labute approximate surface area is 94.6 Å². The van der Waals surface area contributed by atoms with Gasteiger partial charge in [-0.05, 0) is 44.2 Å². The largest absolute Gasteiger partial charge is 0.405 e. The first kappa shape index (κ1) is 16.3. The van der Waals surface area contributed by atoms with Crippen molar-refractivity contribution in [2.24, 2.45) is 5.73 Å². The quantitative estimate of drug-likeness (QED) is 0.724. The molecule has 3 N–H and O–H groups in total. The summed E-state index contributed by atoms with van der Waals surface area (Å²) in [5.41, 5.74) is 10.2. The molecule has 0 amide bonds. The fourth-order valence-electron chi connectivity index (χ4n) is 1.27. The maximum atomic E-state index is 5.31. The Morgan fingerprint density at radius 2 is 1.40 bits per heavy atom. The number of H-pyrrole nitrogens is 1. The van der Waals surface area contributed by atoms with Gasteiger partial charge in [0.1, 0.15) is 0 Å². The van der Waals surface area contributed by atoms with Gasteiger partial charge in [0.15, 0.2) is 0 Å². The molecule has 0 radical (unpaired) electrons. The lowest BCUT2D eigenvalue weighted by molar-refractivity contribution is 1.17. The summed E-state index contributed by atoms with van der Waals surface area (Å²) in [4.78, 5) is 3.25. The summed E-state index contributed by atoms with van der Waals surface area (Å²) in [5, 5.41) is 0. The van der Waals surface area contributed by atoms with E-state index in [0.29, 0.717) is 0 Å². The molecular formula is C13H26N2. The van der Waals surface area contributed by atoms with Gasteiger partial charge < -0.3 is 10.7 Å².